The van der Waals surface area contributed by atoms with Crippen LogP contribution in [0.5, 0.6) is 0 Å². The van der Waals surface area contributed by atoms with Crippen LogP contribution in [-0.2, 0) is 6.54 Å². The largest absolute Gasteiger partial charge is 0.329 e. The van der Waals surface area contributed by atoms with Crippen LogP contribution in [0.25, 0.3) is 0 Å². The Morgan fingerprint density at radius 2 is 2.33 bits per heavy atom. The Labute approximate surface area is 109 Å². The van der Waals surface area contributed by atoms with E-state index >= 15 is 0 Å². The number of amides is 1. The Morgan fingerprint density at radius 1 is 1.50 bits per heavy atom. The molecule has 0 bridgehead atoms. The first-order chi connectivity index (χ1) is 8.69. The highest BCUT2D eigenvalue weighted by Crippen LogP contribution is 2.15. The summed E-state index contributed by atoms with van der Waals surface area (Å²) in [6.07, 6.45) is 1.55. The van der Waals surface area contributed by atoms with Crippen LogP contribution in [0.4, 0.5) is 5.69 Å². The van der Waals surface area contributed by atoms with Crippen LogP contribution < -0.4 is 11.1 Å². The van der Waals surface area contributed by atoms with E-state index in [0.717, 1.165) is 0 Å². The third kappa shape index (κ3) is 3.06. The molecule has 7 heteroatoms. The van der Waals surface area contributed by atoms with E-state index in [-0.39, 0.29) is 11.6 Å². The lowest BCUT2D eigenvalue weighted by Crippen LogP contribution is -2.12. The van der Waals surface area contributed by atoms with Crippen molar-refractivity contribution in [3.05, 3.63) is 41.2 Å². The van der Waals surface area contributed by atoms with Crippen molar-refractivity contribution in [1.82, 2.24) is 15.0 Å². The second kappa shape index (κ2) is 5.61. The van der Waals surface area contributed by atoms with Gasteiger partial charge in [0, 0.05) is 17.3 Å². The molecule has 3 N–H and O–H groups in total. The monoisotopic (exact) mass is 265 g/mol. The predicted octanol–water partition coefficient (Wildman–Crippen LogP) is 1.14. The number of halogens is 1. The predicted molar refractivity (Wildman–Crippen MR) is 68.5 cm³/mol. The first kappa shape index (κ1) is 12.5. The van der Waals surface area contributed by atoms with E-state index in [1.807, 2.05) is 0 Å². The lowest BCUT2D eigenvalue weighted by Gasteiger charge is -2.02. The number of anilines is 1. The molecule has 0 fully saturated rings. The number of rotatable bonds is 4. The molecule has 94 valence electrons. The van der Waals surface area contributed by atoms with Crippen LogP contribution in [0.1, 0.15) is 10.5 Å². The highest BCUT2D eigenvalue weighted by molar-refractivity contribution is 6.30. The molecule has 1 aromatic carbocycles. The summed E-state index contributed by atoms with van der Waals surface area (Å²) in [4.78, 5) is 11.8. The third-order valence-corrected chi connectivity index (χ3v) is 2.45. The second-order valence-corrected chi connectivity index (χ2v) is 4.06. The molecule has 0 aliphatic heterocycles. The zero-order valence-corrected chi connectivity index (χ0v) is 10.3. The first-order valence-electron chi connectivity index (χ1n) is 5.36. The molecule has 0 radical (unpaired) electrons. The van der Waals surface area contributed by atoms with Crippen molar-refractivity contribution in [3.63, 3.8) is 0 Å². The fraction of sp³-hybridized carbons (Fsp3) is 0.182. The summed E-state index contributed by atoms with van der Waals surface area (Å²) in [7, 11) is 0. The van der Waals surface area contributed by atoms with Crippen LogP contribution in [-0.4, -0.2) is 27.4 Å². The van der Waals surface area contributed by atoms with Crippen LogP contribution in [0.2, 0.25) is 5.02 Å². The van der Waals surface area contributed by atoms with Crippen LogP contribution in [0, 0.1) is 0 Å². The smallest absolute Gasteiger partial charge is 0.277 e. The van der Waals surface area contributed by atoms with E-state index in [4.69, 9.17) is 17.3 Å². The molecule has 0 unspecified atom stereocenters. The maximum absolute atomic E-state index is 11.8. The van der Waals surface area contributed by atoms with Crippen LogP contribution >= 0.6 is 11.6 Å². The van der Waals surface area contributed by atoms with Gasteiger partial charge in [0.25, 0.3) is 5.91 Å². The topological polar surface area (TPSA) is 85.8 Å². The average Bonchev–Trinajstić information content (AvgIpc) is 2.78. The molecule has 1 amide bonds. The molecule has 0 saturated carbocycles. The van der Waals surface area contributed by atoms with Gasteiger partial charge in [-0.05, 0) is 18.2 Å². The van der Waals surface area contributed by atoms with Gasteiger partial charge in [0.1, 0.15) is 0 Å². The van der Waals surface area contributed by atoms with Crippen LogP contribution in [0.15, 0.2) is 30.5 Å². The van der Waals surface area contributed by atoms with E-state index in [0.29, 0.717) is 23.8 Å². The number of nitrogens with one attached hydrogen (secondary N) is 1. The molecule has 1 aromatic heterocycles. The number of nitrogens with two attached hydrogens (primary N) is 1. The zero-order chi connectivity index (χ0) is 13.0. The number of hydrogen-bond donors (Lipinski definition) is 2. The number of nitrogens with zero attached hydrogens (tertiary/aromatic N) is 3. The minimum Gasteiger partial charge on any atom is -0.329 e. The number of hydrogen-bond acceptors (Lipinski definition) is 4. The van der Waals surface area contributed by atoms with Gasteiger partial charge < -0.3 is 11.1 Å². The van der Waals surface area contributed by atoms with Crippen molar-refractivity contribution in [2.75, 3.05) is 11.9 Å². The molecular formula is C11H12ClN5O. The summed E-state index contributed by atoms with van der Waals surface area (Å²) in [5.41, 5.74) is 6.23. The molecule has 2 aromatic rings. The van der Waals surface area contributed by atoms with E-state index in [1.165, 1.54) is 4.68 Å². The Kier molecular flexibility index (Phi) is 3.91. The fourth-order valence-corrected chi connectivity index (χ4v) is 1.60. The summed E-state index contributed by atoms with van der Waals surface area (Å²) < 4.78 is 1.52. The average molecular weight is 266 g/mol. The van der Waals surface area contributed by atoms with Crippen molar-refractivity contribution < 1.29 is 4.79 Å². The maximum Gasteiger partial charge on any atom is 0.277 e. The van der Waals surface area contributed by atoms with Crippen molar-refractivity contribution in [2.24, 2.45) is 5.73 Å². The third-order valence-electron chi connectivity index (χ3n) is 2.21. The molecule has 6 nitrogen and oxygen atoms in total. The van der Waals surface area contributed by atoms with E-state index < -0.39 is 0 Å². The number of benzene rings is 1. The summed E-state index contributed by atoms with van der Waals surface area (Å²) in [6, 6.07) is 6.88. The number of carbonyl (C=O) groups excluding carboxylic acids is 1. The summed E-state index contributed by atoms with van der Waals surface area (Å²) >= 11 is 5.82. The van der Waals surface area contributed by atoms with Gasteiger partial charge in [-0.1, -0.05) is 22.9 Å². The van der Waals surface area contributed by atoms with E-state index in [1.54, 1.807) is 30.5 Å². The maximum atomic E-state index is 11.8. The fourth-order valence-electron chi connectivity index (χ4n) is 1.41. The lowest BCUT2D eigenvalue weighted by atomic mass is 10.3. The van der Waals surface area contributed by atoms with Gasteiger partial charge in [-0.25, -0.2) is 0 Å². The highest BCUT2D eigenvalue weighted by Gasteiger charge is 2.10. The molecule has 2 rings (SSSR count). The van der Waals surface area contributed by atoms with Crippen molar-refractivity contribution in [2.45, 2.75) is 6.54 Å². The van der Waals surface area contributed by atoms with Gasteiger partial charge >= 0.3 is 0 Å². The SMILES string of the molecule is NCCn1cc(C(=O)Nc2cccc(Cl)c2)nn1. The standard InChI is InChI=1S/C11H12ClN5O/c12-8-2-1-3-9(6-8)14-11(18)10-7-17(5-4-13)16-15-10/h1-3,6-7H,4-5,13H2,(H,14,18). The molecule has 0 saturated heterocycles. The summed E-state index contributed by atoms with van der Waals surface area (Å²) in [6.45, 7) is 0.968. The van der Waals surface area contributed by atoms with E-state index in [2.05, 4.69) is 15.6 Å². The number of aromatic nitrogens is 3. The van der Waals surface area contributed by atoms with Crippen molar-refractivity contribution in [3.8, 4) is 0 Å². The first-order valence-corrected chi connectivity index (χ1v) is 5.74. The van der Waals surface area contributed by atoms with Crippen molar-refractivity contribution >= 4 is 23.2 Å². The summed E-state index contributed by atoms with van der Waals surface area (Å²) in [5.74, 6) is -0.333. The van der Waals surface area contributed by atoms with Gasteiger partial charge in [0.15, 0.2) is 5.69 Å². The van der Waals surface area contributed by atoms with Gasteiger partial charge in [-0.15, -0.1) is 5.10 Å². The molecule has 0 aliphatic rings. The molecule has 0 atom stereocenters. The normalized spacial score (nSPS) is 10.3. The Bertz CT molecular complexity index is 554. The van der Waals surface area contributed by atoms with Crippen molar-refractivity contribution in [1.29, 1.82) is 0 Å². The Morgan fingerprint density at radius 3 is 3.06 bits per heavy atom. The van der Waals surface area contributed by atoms with Gasteiger partial charge in [0.05, 0.1) is 12.7 Å². The molecule has 0 spiro atoms. The summed E-state index contributed by atoms with van der Waals surface area (Å²) in [5, 5.41) is 10.8. The Hall–Kier alpha value is -1.92. The van der Waals surface area contributed by atoms with E-state index in [9.17, 15) is 4.79 Å². The minimum atomic E-state index is -0.333. The zero-order valence-electron chi connectivity index (χ0n) is 9.51. The van der Waals surface area contributed by atoms with Crippen LogP contribution in [0.3, 0.4) is 0 Å². The van der Waals surface area contributed by atoms with Gasteiger partial charge in [-0.3, -0.25) is 9.48 Å². The minimum absolute atomic E-state index is 0.239. The second-order valence-electron chi connectivity index (χ2n) is 3.62. The number of carbonyl (C=O) groups is 1. The van der Waals surface area contributed by atoms with Gasteiger partial charge in [0.2, 0.25) is 0 Å². The van der Waals surface area contributed by atoms with Gasteiger partial charge in [-0.2, -0.15) is 0 Å². The quantitative estimate of drug-likeness (QED) is 0.868. The molecule has 0 aliphatic carbocycles. The molecule has 18 heavy (non-hydrogen) atoms. The molecular weight excluding hydrogens is 254 g/mol. The highest BCUT2D eigenvalue weighted by atomic mass is 35.5. The molecule has 1 heterocycles. The lowest BCUT2D eigenvalue weighted by molar-refractivity contribution is 0.102. The Balaban J connectivity index is 2.07.